The lowest BCUT2D eigenvalue weighted by molar-refractivity contribution is -0.142. The average Bonchev–Trinajstić information content (AvgIpc) is 2.53. The first kappa shape index (κ1) is 16.7. The van der Waals surface area contributed by atoms with Crippen LogP contribution >= 0.6 is 0 Å². The fraction of sp³-hybridized carbons (Fsp3) is 0.467. The van der Waals surface area contributed by atoms with Crippen LogP contribution in [0.3, 0.4) is 0 Å². The van der Waals surface area contributed by atoms with Crippen LogP contribution in [-0.2, 0) is 19.6 Å². The summed E-state index contributed by atoms with van der Waals surface area (Å²) in [6, 6.07) is 1.83. The number of piperidine rings is 1. The maximum absolute atomic E-state index is 13.0. The molecule has 2 aliphatic heterocycles. The van der Waals surface area contributed by atoms with Crippen LogP contribution in [0.2, 0.25) is 0 Å². The number of aliphatic carboxylic acids is 1. The van der Waals surface area contributed by atoms with Crippen LogP contribution in [0.25, 0.3) is 0 Å². The number of benzene rings is 1. The summed E-state index contributed by atoms with van der Waals surface area (Å²) in [5, 5.41) is 12.0. The van der Waals surface area contributed by atoms with Gasteiger partial charge in [0.05, 0.1) is 10.6 Å². The summed E-state index contributed by atoms with van der Waals surface area (Å²) in [5.41, 5.74) is 0.838. The van der Waals surface area contributed by atoms with Gasteiger partial charge in [-0.15, -0.1) is 0 Å². The van der Waals surface area contributed by atoms with Gasteiger partial charge in [0.2, 0.25) is 10.0 Å². The zero-order valence-electron chi connectivity index (χ0n) is 13.1. The van der Waals surface area contributed by atoms with Crippen molar-refractivity contribution in [1.82, 2.24) is 4.31 Å². The quantitative estimate of drug-likeness (QED) is 0.836. The molecule has 0 unspecified atom stereocenters. The minimum absolute atomic E-state index is 0.00514. The second kappa shape index (κ2) is 6.06. The first-order valence-electron chi connectivity index (χ1n) is 7.62. The highest BCUT2D eigenvalue weighted by Gasteiger charge is 2.38. The van der Waals surface area contributed by atoms with Crippen molar-refractivity contribution in [2.24, 2.45) is 0 Å². The summed E-state index contributed by atoms with van der Waals surface area (Å²) < 4.78 is 32.3. The van der Waals surface area contributed by atoms with Crippen molar-refractivity contribution in [2.75, 3.05) is 18.5 Å². The lowest BCUT2D eigenvalue weighted by Crippen LogP contribution is -2.48. The maximum Gasteiger partial charge on any atom is 0.322 e. The van der Waals surface area contributed by atoms with E-state index in [-0.39, 0.29) is 29.7 Å². The number of carboxylic acid groups (broad SMARTS) is 1. The highest BCUT2D eigenvalue weighted by Crippen LogP contribution is 2.35. The van der Waals surface area contributed by atoms with E-state index >= 15 is 0 Å². The normalized spacial score (nSPS) is 21.5. The molecule has 2 heterocycles. The van der Waals surface area contributed by atoms with Crippen LogP contribution < -0.4 is 10.1 Å². The molecule has 0 aliphatic carbocycles. The van der Waals surface area contributed by atoms with Crippen LogP contribution in [0.15, 0.2) is 17.0 Å². The van der Waals surface area contributed by atoms with Crippen LogP contribution in [0.4, 0.5) is 5.69 Å². The number of nitrogens with zero attached hydrogens (tertiary/aromatic N) is 1. The number of carbonyl (C=O) groups is 2. The van der Waals surface area contributed by atoms with Gasteiger partial charge in [0.15, 0.2) is 6.61 Å². The molecular weight excluding hydrogens is 336 g/mol. The van der Waals surface area contributed by atoms with E-state index in [1.165, 1.54) is 12.1 Å². The Labute approximate surface area is 139 Å². The smallest absolute Gasteiger partial charge is 0.322 e. The van der Waals surface area contributed by atoms with Crippen LogP contribution in [0.1, 0.15) is 24.8 Å². The molecule has 0 aromatic heterocycles. The van der Waals surface area contributed by atoms with Crippen molar-refractivity contribution in [1.29, 1.82) is 0 Å². The van der Waals surface area contributed by atoms with Gasteiger partial charge in [-0.2, -0.15) is 4.31 Å². The third kappa shape index (κ3) is 2.84. The highest BCUT2D eigenvalue weighted by molar-refractivity contribution is 7.89. The molecule has 1 aromatic carbocycles. The lowest BCUT2D eigenvalue weighted by atomic mass is 10.1. The van der Waals surface area contributed by atoms with Crippen molar-refractivity contribution in [2.45, 2.75) is 37.1 Å². The van der Waals surface area contributed by atoms with Crippen LogP contribution in [-0.4, -0.2) is 48.9 Å². The highest BCUT2D eigenvalue weighted by atomic mass is 32.2. The van der Waals surface area contributed by atoms with Crippen molar-refractivity contribution in [3.63, 3.8) is 0 Å². The zero-order chi connectivity index (χ0) is 17.5. The molecular formula is C15H18N2O6S. The van der Waals surface area contributed by atoms with Gasteiger partial charge >= 0.3 is 5.97 Å². The second-order valence-electron chi connectivity index (χ2n) is 5.92. The standard InChI is InChI=1S/C15H18N2O6S/c1-9-6-10-12(23-8-14(18)16-10)7-13(9)24(21,22)17-5-3-2-4-11(17)15(19)20/h6-7,11H,2-5,8H2,1H3,(H,16,18)(H,19,20)/t11-/m1/s1. The van der Waals surface area contributed by atoms with Crippen molar-refractivity contribution in [3.8, 4) is 5.75 Å². The molecule has 0 radical (unpaired) electrons. The van der Waals surface area contributed by atoms with E-state index in [0.717, 1.165) is 4.31 Å². The molecule has 2 N–H and O–H groups in total. The monoisotopic (exact) mass is 354 g/mol. The summed E-state index contributed by atoms with van der Waals surface area (Å²) >= 11 is 0. The van der Waals surface area contributed by atoms with E-state index in [2.05, 4.69) is 5.32 Å². The van der Waals surface area contributed by atoms with Gasteiger partial charge in [-0.1, -0.05) is 0 Å². The number of sulfonamides is 1. The van der Waals surface area contributed by atoms with Gasteiger partial charge in [-0.25, -0.2) is 8.42 Å². The maximum atomic E-state index is 13.0. The molecule has 0 spiro atoms. The molecule has 130 valence electrons. The molecule has 8 nitrogen and oxygen atoms in total. The molecule has 0 bridgehead atoms. The minimum Gasteiger partial charge on any atom is -0.482 e. The summed E-state index contributed by atoms with van der Waals surface area (Å²) in [6.07, 6.45) is 1.60. The Morgan fingerprint density at radius 3 is 2.83 bits per heavy atom. The summed E-state index contributed by atoms with van der Waals surface area (Å²) in [4.78, 5) is 22.8. The molecule has 1 aromatic rings. The van der Waals surface area contributed by atoms with Crippen molar-refractivity contribution >= 4 is 27.6 Å². The molecule has 1 amide bonds. The number of aryl methyl sites for hydroxylation is 1. The zero-order valence-corrected chi connectivity index (χ0v) is 13.9. The molecule has 1 saturated heterocycles. The Bertz CT molecular complexity index is 804. The first-order chi connectivity index (χ1) is 11.3. The summed E-state index contributed by atoms with van der Waals surface area (Å²) in [6.45, 7) is 1.60. The van der Waals surface area contributed by atoms with E-state index < -0.39 is 22.0 Å². The molecule has 1 fully saturated rings. The first-order valence-corrected chi connectivity index (χ1v) is 9.06. The van der Waals surface area contributed by atoms with E-state index in [9.17, 15) is 23.1 Å². The third-order valence-corrected chi connectivity index (χ3v) is 6.29. The van der Waals surface area contributed by atoms with Crippen molar-refractivity contribution in [3.05, 3.63) is 17.7 Å². The van der Waals surface area contributed by atoms with E-state index in [0.29, 0.717) is 30.5 Å². The summed E-state index contributed by atoms with van der Waals surface area (Å²) in [7, 11) is -3.97. The predicted octanol–water partition coefficient (Wildman–Crippen LogP) is 0.954. The topological polar surface area (TPSA) is 113 Å². The SMILES string of the molecule is Cc1cc2c(cc1S(=O)(=O)N1CCCC[C@@H]1C(=O)O)OCC(=O)N2. The molecule has 3 rings (SSSR count). The number of ether oxygens (including phenoxy) is 1. The predicted molar refractivity (Wildman–Crippen MR) is 84.5 cm³/mol. The fourth-order valence-electron chi connectivity index (χ4n) is 3.06. The number of rotatable bonds is 3. The van der Waals surface area contributed by atoms with E-state index in [4.69, 9.17) is 4.74 Å². The number of amides is 1. The number of anilines is 1. The Kier molecular flexibility index (Phi) is 4.22. The second-order valence-corrected chi connectivity index (χ2v) is 7.78. The van der Waals surface area contributed by atoms with Gasteiger partial charge in [0, 0.05) is 12.6 Å². The van der Waals surface area contributed by atoms with Crippen LogP contribution in [0, 0.1) is 6.92 Å². The number of carboxylic acids is 1. The van der Waals surface area contributed by atoms with Gasteiger partial charge < -0.3 is 15.2 Å². The molecule has 9 heteroatoms. The number of carbonyl (C=O) groups excluding carboxylic acids is 1. The van der Waals surface area contributed by atoms with E-state index in [1.54, 1.807) is 6.92 Å². The number of hydrogen-bond acceptors (Lipinski definition) is 5. The molecule has 24 heavy (non-hydrogen) atoms. The van der Waals surface area contributed by atoms with E-state index in [1.807, 2.05) is 0 Å². The Balaban J connectivity index is 2.03. The average molecular weight is 354 g/mol. The van der Waals surface area contributed by atoms with Crippen LogP contribution in [0.5, 0.6) is 5.75 Å². The summed E-state index contributed by atoms with van der Waals surface area (Å²) in [5.74, 6) is -1.18. The van der Waals surface area contributed by atoms with Gasteiger partial charge in [-0.3, -0.25) is 9.59 Å². The third-order valence-electron chi connectivity index (χ3n) is 4.24. The number of hydrogen-bond donors (Lipinski definition) is 2. The fourth-order valence-corrected chi connectivity index (χ4v) is 4.93. The Morgan fingerprint density at radius 1 is 1.38 bits per heavy atom. The lowest BCUT2D eigenvalue weighted by Gasteiger charge is -2.32. The Morgan fingerprint density at radius 2 is 2.12 bits per heavy atom. The molecule has 0 saturated carbocycles. The van der Waals surface area contributed by atoms with Gasteiger partial charge in [-0.05, 0) is 37.8 Å². The van der Waals surface area contributed by atoms with Crippen molar-refractivity contribution < 1.29 is 27.9 Å². The van der Waals surface area contributed by atoms with Gasteiger partial charge in [0.25, 0.3) is 5.91 Å². The van der Waals surface area contributed by atoms with Gasteiger partial charge in [0.1, 0.15) is 11.8 Å². The number of fused-ring (bicyclic) bond motifs is 1. The molecule has 2 aliphatic rings. The minimum atomic E-state index is -3.97. The largest absolute Gasteiger partial charge is 0.482 e. The Hall–Kier alpha value is -2.13. The number of nitrogens with one attached hydrogen (secondary N) is 1. The molecule has 1 atom stereocenters.